The van der Waals surface area contributed by atoms with E-state index in [1.54, 1.807) is 19.1 Å². The molecule has 0 radical (unpaired) electrons. The number of benzene rings is 1. The second-order valence-corrected chi connectivity index (χ2v) is 4.72. The summed E-state index contributed by atoms with van der Waals surface area (Å²) in [6.07, 6.45) is 0. The monoisotopic (exact) mass is 258 g/mol. The van der Waals surface area contributed by atoms with Crippen LogP contribution in [-0.2, 0) is 0 Å². The summed E-state index contributed by atoms with van der Waals surface area (Å²) in [6.45, 7) is 1.78. The predicted octanol–water partition coefficient (Wildman–Crippen LogP) is 2.78. The van der Waals surface area contributed by atoms with Gasteiger partial charge in [-0.2, -0.15) is 14.9 Å². The van der Waals surface area contributed by atoms with E-state index in [9.17, 15) is 4.39 Å². The van der Waals surface area contributed by atoms with E-state index in [0.717, 1.165) is 5.56 Å². The van der Waals surface area contributed by atoms with Crippen molar-refractivity contribution in [1.29, 1.82) is 5.26 Å². The Morgan fingerprint density at radius 1 is 1.33 bits per heavy atom. The van der Waals surface area contributed by atoms with Crippen LogP contribution in [0.25, 0.3) is 15.5 Å². The van der Waals surface area contributed by atoms with Crippen LogP contribution in [-0.4, -0.2) is 14.6 Å². The zero-order chi connectivity index (χ0) is 12.7. The molecule has 2 heterocycles. The third-order valence-electron chi connectivity index (χ3n) is 2.57. The summed E-state index contributed by atoms with van der Waals surface area (Å²) in [5.41, 5.74) is 1.92. The first-order chi connectivity index (χ1) is 8.69. The van der Waals surface area contributed by atoms with Gasteiger partial charge in [-0.1, -0.05) is 11.3 Å². The highest BCUT2D eigenvalue weighted by atomic mass is 32.1. The van der Waals surface area contributed by atoms with Gasteiger partial charge in [-0.05, 0) is 31.2 Å². The van der Waals surface area contributed by atoms with Crippen molar-refractivity contribution in [2.45, 2.75) is 6.92 Å². The molecule has 0 spiro atoms. The number of hydrogen-bond acceptors (Lipinski definition) is 4. The maximum Gasteiger partial charge on any atom is 0.213 e. The molecule has 0 amide bonds. The topological polar surface area (TPSA) is 54.0 Å². The van der Waals surface area contributed by atoms with Crippen LogP contribution in [0.2, 0.25) is 0 Å². The summed E-state index contributed by atoms with van der Waals surface area (Å²) in [7, 11) is 0. The van der Waals surface area contributed by atoms with E-state index in [-0.39, 0.29) is 5.82 Å². The van der Waals surface area contributed by atoms with Crippen LogP contribution < -0.4 is 0 Å². The number of rotatable bonds is 1. The van der Waals surface area contributed by atoms with Gasteiger partial charge in [-0.25, -0.2) is 9.37 Å². The van der Waals surface area contributed by atoms with E-state index in [1.165, 1.54) is 28.0 Å². The quantitative estimate of drug-likeness (QED) is 0.674. The summed E-state index contributed by atoms with van der Waals surface area (Å²) >= 11 is 1.37. The van der Waals surface area contributed by atoms with Crippen LogP contribution in [0.1, 0.15) is 11.4 Å². The SMILES string of the molecule is Cc1nc2sc(-c3ccc(F)cc3)nn2c1C#N. The predicted molar refractivity (Wildman–Crippen MR) is 65.7 cm³/mol. The normalized spacial score (nSPS) is 10.7. The Labute approximate surface area is 106 Å². The van der Waals surface area contributed by atoms with Crippen LogP contribution in [0.3, 0.4) is 0 Å². The van der Waals surface area contributed by atoms with Crippen molar-refractivity contribution in [2.24, 2.45) is 0 Å². The molecule has 2 aromatic heterocycles. The number of aromatic nitrogens is 3. The van der Waals surface area contributed by atoms with Gasteiger partial charge in [0.15, 0.2) is 5.69 Å². The van der Waals surface area contributed by atoms with Gasteiger partial charge in [0.05, 0.1) is 5.69 Å². The highest BCUT2D eigenvalue weighted by molar-refractivity contribution is 7.19. The van der Waals surface area contributed by atoms with Gasteiger partial charge in [0, 0.05) is 5.56 Å². The molecule has 0 N–H and O–H groups in total. The Hall–Kier alpha value is -2.26. The Bertz CT molecular complexity index is 764. The van der Waals surface area contributed by atoms with Crippen LogP contribution in [0.5, 0.6) is 0 Å². The van der Waals surface area contributed by atoms with Crippen molar-refractivity contribution in [2.75, 3.05) is 0 Å². The van der Waals surface area contributed by atoms with Crippen molar-refractivity contribution < 1.29 is 4.39 Å². The maximum atomic E-state index is 12.8. The number of imidazole rings is 1. The zero-order valence-corrected chi connectivity index (χ0v) is 10.2. The molecule has 0 aliphatic carbocycles. The first-order valence-corrected chi connectivity index (χ1v) is 6.03. The highest BCUT2D eigenvalue weighted by Crippen LogP contribution is 2.26. The van der Waals surface area contributed by atoms with Crippen molar-refractivity contribution >= 4 is 16.3 Å². The van der Waals surface area contributed by atoms with Crippen LogP contribution in [0, 0.1) is 24.1 Å². The van der Waals surface area contributed by atoms with Crippen molar-refractivity contribution in [1.82, 2.24) is 14.6 Å². The molecule has 0 atom stereocenters. The fourth-order valence-electron chi connectivity index (χ4n) is 1.69. The summed E-state index contributed by atoms with van der Waals surface area (Å²) in [4.78, 5) is 4.94. The Morgan fingerprint density at radius 2 is 2.06 bits per heavy atom. The number of nitrogens with zero attached hydrogens (tertiary/aromatic N) is 4. The molecule has 0 aliphatic heterocycles. The third-order valence-corrected chi connectivity index (χ3v) is 3.53. The van der Waals surface area contributed by atoms with E-state index < -0.39 is 0 Å². The molecule has 3 rings (SSSR count). The number of hydrogen-bond donors (Lipinski definition) is 0. The summed E-state index contributed by atoms with van der Waals surface area (Å²) in [6, 6.07) is 8.17. The Morgan fingerprint density at radius 3 is 2.72 bits per heavy atom. The Balaban J connectivity index is 2.17. The summed E-state index contributed by atoms with van der Waals surface area (Å²) in [5.74, 6) is -0.284. The summed E-state index contributed by atoms with van der Waals surface area (Å²) < 4.78 is 14.4. The van der Waals surface area contributed by atoms with Gasteiger partial charge >= 0.3 is 0 Å². The molecule has 0 saturated heterocycles. The molecule has 1 aromatic carbocycles. The van der Waals surface area contributed by atoms with Gasteiger partial charge < -0.3 is 0 Å². The first-order valence-electron chi connectivity index (χ1n) is 5.21. The largest absolute Gasteiger partial charge is 0.221 e. The molecule has 0 aliphatic rings. The molecular weight excluding hydrogens is 251 g/mol. The lowest BCUT2D eigenvalue weighted by molar-refractivity contribution is 0.628. The fraction of sp³-hybridized carbons (Fsp3) is 0.0833. The Kier molecular flexibility index (Phi) is 2.35. The molecule has 3 aromatic rings. The van der Waals surface area contributed by atoms with Crippen LogP contribution in [0.4, 0.5) is 4.39 Å². The molecule has 0 saturated carbocycles. The van der Waals surface area contributed by atoms with E-state index >= 15 is 0 Å². The number of aryl methyl sites for hydroxylation is 1. The number of fused-ring (bicyclic) bond motifs is 1. The molecule has 0 unspecified atom stereocenters. The van der Waals surface area contributed by atoms with Crippen molar-refractivity contribution in [3.8, 4) is 16.6 Å². The van der Waals surface area contributed by atoms with Gasteiger partial charge in [-0.3, -0.25) is 0 Å². The second kappa shape index (κ2) is 3.89. The lowest BCUT2D eigenvalue weighted by atomic mass is 10.2. The van der Waals surface area contributed by atoms with E-state index in [0.29, 0.717) is 21.4 Å². The molecule has 6 heteroatoms. The lowest BCUT2D eigenvalue weighted by Crippen LogP contribution is -1.90. The lowest BCUT2D eigenvalue weighted by Gasteiger charge is -1.94. The molecule has 0 fully saturated rings. The average Bonchev–Trinajstić information content (AvgIpc) is 2.86. The van der Waals surface area contributed by atoms with E-state index in [1.807, 2.05) is 0 Å². The molecule has 88 valence electrons. The van der Waals surface area contributed by atoms with Gasteiger partial charge in [-0.15, -0.1) is 0 Å². The number of nitriles is 1. The molecule has 0 bridgehead atoms. The first kappa shape index (κ1) is 10.9. The smallest absolute Gasteiger partial charge is 0.213 e. The minimum absolute atomic E-state index is 0.284. The number of halogens is 1. The van der Waals surface area contributed by atoms with Gasteiger partial charge in [0.1, 0.15) is 16.9 Å². The highest BCUT2D eigenvalue weighted by Gasteiger charge is 2.14. The minimum atomic E-state index is -0.284. The van der Waals surface area contributed by atoms with E-state index in [2.05, 4.69) is 16.2 Å². The maximum absolute atomic E-state index is 12.8. The molecule has 18 heavy (non-hydrogen) atoms. The van der Waals surface area contributed by atoms with Crippen LogP contribution >= 0.6 is 11.3 Å². The van der Waals surface area contributed by atoms with Crippen LogP contribution in [0.15, 0.2) is 24.3 Å². The van der Waals surface area contributed by atoms with Crippen molar-refractivity contribution in [3.63, 3.8) is 0 Å². The third kappa shape index (κ3) is 1.57. The van der Waals surface area contributed by atoms with E-state index in [4.69, 9.17) is 5.26 Å². The molecular formula is C12H7FN4S. The fourth-order valence-corrected chi connectivity index (χ4v) is 2.64. The molecule has 4 nitrogen and oxygen atoms in total. The standard InChI is InChI=1S/C12H7FN4S/c1-7-10(6-14)17-12(15-7)18-11(16-17)8-2-4-9(13)5-3-8/h2-5H,1H3. The average molecular weight is 258 g/mol. The summed E-state index contributed by atoms with van der Waals surface area (Å²) in [5, 5.41) is 14.1. The van der Waals surface area contributed by atoms with Crippen molar-refractivity contribution in [3.05, 3.63) is 41.5 Å². The zero-order valence-electron chi connectivity index (χ0n) is 9.38. The second-order valence-electron chi connectivity index (χ2n) is 3.77. The minimum Gasteiger partial charge on any atom is -0.221 e. The van der Waals surface area contributed by atoms with Gasteiger partial charge in [0.2, 0.25) is 4.96 Å². The van der Waals surface area contributed by atoms with Gasteiger partial charge in [0.25, 0.3) is 0 Å².